The molecular weight excluding hydrogens is 244 g/mol. The molecule has 0 aliphatic rings. The monoisotopic (exact) mass is 264 g/mol. The number of allylic oxidation sites excluding steroid dienone is 4. The van der Waals surface area contributed by atoms with Crippen molar-refractivity contribution < 1.29 is 0 Å². The maximum Gasteiger partial charge on any atom is 0.0891 e. The molecule has 0 amide bonds. The van der Waals surface area contributed by atoms with E-state index in [4.69, 9.17) is 0 Å². The number of aliphatic imine (C=N–C) groups is 2. The van der Waals surface area contributed by atoms with E-state index in [-0.39, 0.29) is 0 Å². The van der Waals surface area contributed by atoms with Crippen LogP contribution in [0, 0.1) is 0 Å². The number of hydrogen-bond acceptors (Lipinski definition) is 2. The molecule has 0 aromatic heterocycles. The SMILES string of the molecule is C=C(/C=C\C)N=CC(=NC(=C)/C=C\C)c1ccccc1. The molecule has 2 heteroatoms. The molecule has 0 aliphatic carbocycles. The highest BCUT2D eigenvalue weighted by atomic mass is 14.8. The van der Waals surface area contributed by atoms with E-state index in [0.717, 1.165) is 11.3 Å². The minimum atomic E-state index is 0.688. The summed E-state index contributed by atoms with van der Waals surface area (Å²) in [6.45, 7) is 11.6. The molecule has 2 nitrogen and oxygen atoms in total. The summed E-state index contributed by atoms with van der Waals surface area (Å²) in [7, 11) is 0. The van der Waals surface area contributed by atoms with Crippen molar-refractivity contribution in [2.75, 3.05) is 0 Å². The number of benzene rings is 1. The lowest BCUT2D eigenvalue weighted by atomic mass is 10.1. The molecule has 0 heterocycles. The fourth-order valence-corrected chi connectivity index (χ4v) is 1.54. The van der Waals surface area contributed by atoms with Gasteiger partial charge in [0.15, 0.2) is 0 Å². The number of nitrogens with zero attached hydrogens (tertiary/aromatic N) is 2. The van der Waals surface area contributed by atoms with Crippen LogP contribution in [0.15, 0.2) is 89.2 Å². The van der Waals surface area contributed by atoms with Gasteiger partial charge in [0, 0.05) is 5.56 Å². The quantitative estimate of drug-likeness (QED) is 0.524. The summed E-state index contributed by atoms with van der Waals surface area (Å²) < 4.78 is 0. The highest BCUT2D eigenvalue weighted by molar-refractivity contribution is 6.38. The second-order valence-electron chi connectivity index (χ2n) is 4.10. The van der Waals surface area contributed by atoms with Crippen molar-refractivity contribution in [2.45, 2.75) is 13.8 Å². The van der Waals surface area contributed by atoms with Crippen LogP contribution in [0.3, 0.4) is 0 Å². The average Bonchev–Trinajstić information content (AvgIpc) is 2.45. The molecule has 20 heavy (non-hydrogen) atoms. The second kappa shape index (κ2) is 8.59. The molecule has 1 rings (SSSR count). The maximum atomic E-state index is 4.49. The summed E-state index contributed by atoms with van der Waals surface area (Å²) in [5.74, 6) is 0. The fourth-order valence-electron chi connectivity index (χ4n) is 1.54. The van der Waals surface area contributed by atoms with Crippen LogP contribution in [0.5, 0.6) is 0 Å². The summed E-state index contributed by atoms with van der Waals surface area (Å²) in [5, 5.41) is 0. The number of rotatable bonds is 6. The van der Waals surface area contributed by atoms with Gasteiger partial charge in [-0.15, -0.1) is 0 Å². The third-order valence-corrected chi connectivity index (χ3v) is 2.40. The third kappa shape index (κ3) is 5.44. The number of hydrogen-bond donors (Lipinski definition) is 0. The Hall–Kier alpha value is -2.48. The second-order valence-corrected chi connectivity index (χ2v) is 4.10. The predicted molar refractivity (Wildman–Crippen MR) is 89.4 cm³/mol. The van der Waals surface area contributed by atoms with E-state index in [9.17, 15) is 0 Å². The fraction of sp³-hybridized carbons (Fsp3) is 0.111. The van der Waals surface area contributed by atoms with Gasteiger partial charge < -0.3 is 0 Å². The van der Waals surface area contributed by atoms with Gasteiger partial charge in [0.05, 0.1) is 23.3 Å². The molecule has 0 bridgehead atoms. The molecule has 1 aromatic rings. The van der Waals surface area contributed by atoms with Crippen LogP contribution in [0.4, 0.5) is 0 Å². The normalized spacial score (nSPS) is 12.6. The zero-order valence-corrected chi connectivity index (χ0v) is 12.1. The van der Waals surface area contributed by atoms with Crippen molar-refractivity contribution in [3.05, 3.63) is 84.8 Å². The zero-order valence-electron chi connectivity index (χ0n) is 12.1. The minimum Gasteiger partial charge on any atom is -0.255 e. The van der Waals surface area contributed by atoms with Gasteiger partial charge in [0.1, 0.15) is 0 Å². The van der Waals surface area contributed by atoms with Gasteiger partial charge in [-0.25, -0.2) is 4.99 Å². The zero-order chi connectivity index (χ0) is 14.8. The summed E-state index contributed by atoms with van der Waals surface area (Å²) in [6, 6.07) is 9.89. The van der Waals surface area contributed by atoms with Crippen LogP contribution in [0.2, 0.25) is 0 Å². The Bertz CT molecular complexity index is 573. The first-order chi connectivity index (χ1) is 9.67. The predicted octanol–water partition coefficient (Wildman–Crippen LogP) is 4.73. The first-order valence-corrected chi connectivity index (χ1v) is 6.48. The molecule has 0 spiro atoms. The van der Waals surface area contributed by atoms with E-state index < -0.39 is 0 Å². The molecule has 0 aliphatic heterocycles. The first kappa shape index (κ1) is 15.6. The molecule has 0 saturated carbocycles. The lowest BCUT2D eigenvalue weighted by Crippen LogP contribution is -2.03. The van der Waals surface area contributed by atoms with Crippen LogP contribution in [-0.2, 0) is 0 Å². The van der Waals surface area contributed by atoms with E-state index in [1.54, 1.807) is 6.21 Å². The summed E-state index contributed by atoms with van der Waals surface area (Å²) in [6.07, 6.45) is 9.23. The van der Waals surface area contributed by atoms with Crippen molar-refractivity contribution in [3.63, 3.8) is 0 Å². The van der Waals surface area contributed by atoms with Gasteiger partial charge in [-0.3, -0.25) is 4.99 Å². The molecular formula is C18H20N2. The van der Waals surface area contributed by atoms with E-state index in [1.165, 1.54) is 0 Å². The van der Waals surface area contributed by atoms with Crippen molar-refractivity contribution in [1.82, 2.24) is 0 Å². The largest absolute Gasteiger partial charge is 0.255 e. The van der Waals surface area contributed by atoms with Gasteiger partial charge >= 0.3 is 0 Å². The lowest BCUT2D eigenvalue weighted by molar-refractivity contribution is 1.41. The van der Waals surface area contributed by atoms with E-state index in [1.807, 2.05) is 68.5 Å². The Balaban J connectivity index is 3.09. The standard InChI is InChI=1S/C18H20N2/c1-5-10-15(3)19-14-18(20-16(4)11-6-2)17-12-8-7-9-13-17/h5-14H,3-4H2,1-2H3/b10-5-,11-6-,19-14?,20-18?. The highest BCUT2D eigenvalue weighted by Gasteiger charge is 2.00. The Kier molecular flexibility index (Phi) is 6.69. The van der Waals surface area contributed by atoms with E-state index in [2.05, 4.69) is 23.1 Å². The Morgan fingerprint density at radius 1 is 0.950 bits per heavy atom. The van der Waals surface area contributed by atoms with Gasteiger partial charge in [0.2, 0.25) is 0 Å². The van der Waals surface area contributed by atoms with Crippen LogP contribution in [0.25, 0.3) is 0 Å². The molecule has 0 N–H and O–H groups in total. The summed E-state index contributed by atoms with van der Waals surface area (Å²) in [4.78, 5) is 8.79. The minimum absolute atomic E-state index is 0.688. The van der Waals surface area contributed by atoms with Crippen LogP contribution < -0.4 is 0 Å². The van der Waals surface area contributed by atoms with Crippen molar-refractivity contribution in [2.24, 2.45) is 9.98 Å². The van der Waals surface area contributed by atoms with Crippen molar-refractivity contribution in [3.8, 4) is 0 Å². The van der Waals surface area contributed by atoms with Crippen LogP contribution in [0.1, 0.15) is 19.4 Å². The molecule has 0 radical (unpaired) electrons. The van der Waals surface area contributed by atoms with E-state index in [0.29, 0.717) is 11.4 Å². The summed E-state index contributed by atoms with van der Waals surface area (Å²) >= 11 is 0. The smallest absolute Gasteiger partial charge is 0.0891 e. The maximum absolute atomic E-state index is 4.49. The molecule has 0 atom stereocenters. The molecule has 1 aromatic carbocycles. The highest BCUT2D eigenvalue weighted by Crippen LogP contribution is 2.05. The van der Waals surface area contributed by atoms with Crippen molar-refractivity contribution in [1.29, 1.82) is 0 Å². The Labute approximate surface area is 121 Å². The molecule has 0 unspecified atom stereocenters. The van der Waals surface area contributed by atoms with Gasteiger partial charge in [-0.1, -0.05) is 55.6 Å². The Morgan fingerprint density at radius 2 is 1.55 bits per heavy atom. The molecule has 0 fully saturated rings. The van der Waals surface area contributed by atoms with Crippen molar-refractivity contribution >= 4 is 11.9 Å². The van der Waals surface area contributed by atoms with Crippen LogP contribution >= 0.6 is 0 Å². The molecule has 0 saturated heterocycles. The van der Waals surface area contributed by atoms with Gasteiger partial charge in [-0.05, 0) is 26.0 Å². The van der Waals surface area contributed by atoms with Gasteiger partial charge in [0.25, 0.3) is 0 Å². The van der Waals surface area contributed by atoms with Crippen LogP contribution in [-0.4, -0.2) is 11.9 Å². The topological polar surface area (TPSA) is 24.7 Å². The van der Waals surface area contributed by atoms with Gasteiger partial charge in [-0.2, -0.15) is 0 Å². The molecule has 102 valence electrons. The Morgan fingerprint density at radius 3 is 2.15 bits per heavy atom. The third-order valence-electron chi connectivity index (χ3n) is 2.40. The average molecular weight is 264 g/mol. The van der Waals surface area contributed by atoms with E-state index >= 15 is 0 Å². The summed E-state index contributed by atoms with van der Waals surface area (Å²) in [5.41, 5.74) is 3.14. The first-order valence-electron chi connectivity index (χ1n) is 6.48. The lowest BCUT2D eigenvalue weighted by Gasteiger charge is -2.01.